The first-order chi connectivity index (χ1) is 18.6. The number of aliphatic hydroxyl groups is 1. The monoisotopic (exact) mass is 518 g/mol. The molecule has 7 nitrogen and oxygen atoms in total. The van der Waals surface area contributed by atoms with E-state index in [0.717, 1.165) is 43.8 Å². The maximum absolute atomic E-state index is 12.6. The van der Waals surface area contributed by atoms with Gasteiger partial charge < -0.3 is 28.8 Å². The van der Waals surface area contributed by atoms with Gasteiger partial charge in [0.25, 0.3) is 0 Å². The van der Waals surface area contributed by atoms with E-state index < -0.39 is 6.10 Å². The van der Waals surface area contributed by atoms with Crippen molar-refractivity contribution >= 4 is 5.97 Å². The predicted molar refractivity (Wildman–Crippen MR) is 142 cm³/mol. The molecule has 2 unspecified atom stereocenters. The van der Waals surface area contributed by atoms with Gasteiger partial charge in [-0.1, -0.05) is 30.3 Å². The van der Waals surface area contributed by atoms with Crippen LogP contribution in [0.1, 0.15) is 47.5 Å². The molecule has 1 aliphatic carbocycles. The molecular formula is C31H34O7. The van der Waals surface area contributed by atoms with Crippen LogP contribution in [0.25, 0.3) is 0 Å². The van der Waals surface area contributed by atoms with Crippen LogP contribution < -0.4 is 14.2 Å². The molecule has 0 aromatic heterocycles. The van der Waals surface area contributed by atoms with Gasteiger partial charge in [-0.2, -0.15) is 0 Å². The Bertz CT molecular complexity index is 1140. The highest BCUT2D eigenvalue weighted by atomic mass is 16.6. The average molecular weight is 519 g/mol. The summed E-state index contributed by atoms with van der Waals surface area (Å²) in [5, 5.41) is 10.1. The van der Waals surface area contributed by atoms with Gasteiger partial charge in [0.2, 0.25) is 0 Å². The molecule has 0 radical (unpaired) electrons. The van der Waals surface area contributed by atoms with Gasteiger partial charge in [-0.25, -0.2) is 4.79 Å². The van der Waals surface area contributed by atoms with E-state index in [9.17, 15) is 9.90 Å². The number of para-hydroxylation sites is 1. The highest BCUT2D eigenvalue weighted by Crippen LogP contribution is 2.35. The Labute approximate surface area is 223 Å². The van der Waals surface area contributed by atoms with Crippen LogP contribution in [0.15, 0.2) is 78.9 Å². The number of carbonyl (C=O) groups is 1. The van der Waals surface area contributed by atoms with Crippen LogP contribution in [-0.2, 0) is 9.47 Å². The number of benzene rings is 3. The van der Waals surface area contributed by atoms with Gasteiger partial charge >= 0.3 is 5.97 Å². The second kappa shape index (κ2) is 12.8. The van der Waals surface area contributed by atoms with Gasteiger partial charge in [0.15, 0.2) is 0 Å². The molecule has 2 aliphatic rings. The van der Waals surface area contributed by atoms with Crippen molar-refractivity contribution in [1.29, 1.82) is 0 Å². The second-order valence-electron chi connectivity index (χ2n) is 9.83. The standard InChI is InChI=1S/C31H34O7/c32-25(18-34-26-4-2-1-3-5-26)19-35-27-12-6-22(7-13-27)23-8-16-29(17-9-23)38-31(33)24-10-14-28(15-11-24)36-20-30-21-37-30/h1-7,10-15,23,25,29-30,32H,8-9,16-21H2/t23-,25?,29-,30?. The van der Waals surface area contributed by atoms with Gasteiger partial charge in [0.05, 0.1) is 12.2 Å². The molecule has 200 valence electrons. The van der Waals surface area contributed by atoms with Gasteiger partial charge in [0.1, 0.15) is 55.4 Å². The van der Waals surface area contributed by atoms with Crippen LogP contribution in [-0.4, -0.2) is 55.8 Å². The van der Waals surface area contributed by atoms with Crippen LogP contribution in [0, 0.1) is 0 Å². The van der Waals surface area contributed by atoms with Crippen LogP contribution in [0.5, 0.6) is 17.2 Å². The van der Waals surface area contributed by atoms with Crippen molar-refractivity contribution in [3.8, 4) is 17.2 Å². The number of ether oxygens (including phenoxy) is 5. The van der Waals surface area contributed by atoms with Crippen LogP contribution in [0.2, 0.25) is 0 Å². The summed E-state index contributed by atoms with van der Waals surface area (Å²) in [5.74, 6) is 2.30. The Kier molecular flexibility index (Phi) is 8.78. The fourth-order valence-electron chi connectivity index (χ4n) is 4.56. The third kappa shape index (κ3) is 7.73. The minimum Gasteiger partial charge on any atom is -0.491 e. The van der Waals surface area contributed by atoms with Crippen molar-refractivity contribution in [2.24, 2.45) is 0 Å². The van der Waals surface area contributed by atoms with Crippen molar-refractivity contribution in [2.45, 2.75) is 49.9 Å². The number of epoxide rings is 1. The van der Waals surface area contributed by atoms with E-state index in [0.29, 0.717) is 23.8 Å². The summed E-state index contributed by atoms with van der Waals surface area (Å²) in [6, 6.07) is 24.5. The molecule has 2 fully saturated rings. The molecule has 1 N–H and O–H groups in total. The highest BCUT2D eigenvalue weighted by Gasteiger charge is 2.26. The van der Waals surface area contributed by atoms with E-state index in [1.807, 2.05) is 42.5 Å². The molecule has 7 heteroatoms. The van der Waals surface area contributed by atoms with Crippen LogP contribution in [0.3, 0.4) is 0 Å². The predicted octanol–water partition coefficient (Wildman–Crippen LogP) is 5.17. The quantitative estimate of drug-likeness (QED) is 0.262. The normalized spacial score (nSPS) is 21.2. The zero-order valence-corrected chi connectivity index (χ0v) is 21.4. The number of esters is 1. The molecule has 1 saturated heterocycles. The lowest BCUT2D eigenvalue weighted by Crippen LogP contribution is -2.25. The van der Waals surface area contributed by atoms with Crippen molar-refractivity contribution < 1.29 is 33.6 Å². The Balaban J connectivity index is 1.01. The number of aliphatic hydroxyl groups excluding tert-OH is 1. The molecule has 0 spiro atoms. The molecule has 1 heterocycles. The van der Waals surface area contributed by atoms with Gasteiger partial charge in [-0.3, -0.25) is 0 Å². The lowest BCUT2D eigenvalue weighted by Gasteiger charge is -2.28. The van der Waals surface area contributed by atoms with Crippen molar-refractivity contribution in [3.05, 3.63) is 90.0 Å². The summed E-state index contributed by atoms with van der Waals surface area (Å²) in [7, 11) is 0. The molecule has 3 aromatic carbocycles. The lowest BCUT2D eigenvalue weighted by molar-refractivity contribution is 0.0195. The maximum atomic E-state index is 12.6. The van der Waals surface area contributed by atoms with Crippen molar-refractivity contribution in [1.82, 2.24) is 0 Å². The number of rotatable bonds is 12. The molecule has 3 aromatic rings. The zero-order valence-electron chi connectivity index (χ0n) is 21.4. The Morgan fingerprint density at radius 2 is 1.37 bits per heavy atom. The van der Waals surface area contributed by atoms with E-state index in [1.165, 1.54) is 5.56 Å². The molecule has 0 amide bonds. The minimum atomic E-state index is -0.721. The fourth-order valence-corrected chi connectivity index (χ4v) is 4.56. The molecule has 38 heavy (non-hydrogen) atoms. The summed E-state index contributed by atoms with van der Waals surface area (Å²) in [4.78, 5) is 12.6. The fraction of sp³-hybridized carbons (Fsp3) is 0.387. The minimum absolute atomic E-state index is 0.0658. The highest BCUT2D eigenvalue weighted by molar-refractivity contribution is 5.89. The first kappa shape index (κ1) is 26.1. The smallest absolute Gasteiger partial charge is 0.338 e. The Morgan fingerprint density at radius 1 is 0.789 bits per heavy atom. The lowest BCUT2D eigenvalue weighted by atomic mass is 9.83. The topological polar surface area (TPSA) is 86.8 Å². The molecule has 1 saturated carbocycles. The van der Waals surface area contributed by atoms with Crippen LogP contribution >= 0.6 is 0 Å². The second-order valence-corrected chi connectivity index (χ2v) is 9.83. The van der Waals surface area contributed by atoms with Crippen molar-refractivity contribution in [2.75, 3.05) is 26.4 Å². The number of hydrogen-bond donors (Lipinski definition) is 1. The largest absolute Gasteiger partial charge is 0.491 e. The molecule has 0 bridgehead atoms. The van der Waals surface area contributed by atoms with Crippen LogP contribution in [0.4, 0.5) is 0 Å². The molecule has 2 atom stereocenters. The molecule has 5 rings (SSSR count). The summed E-state index contributed by atoms with van der Waals surface area (Å²) < 4.78 is 27.8. The third-order valence-electron chi connectivity index (χ3n) is 6.86. The number of carbonyl (C=O) groups excluding carboxylic acids is 1. The van der Waals surface area contributed by atoms with Gasteiger partial charge in [-0.05, 0) is 85.7 Å². The Morgan fingerprint density at radius 3 is 2.00 bits per heavy atom. The third-order valence-corrected chi connectivity index (χ3v) is 6.86. The van der Waals surface area contributed by atoms with Crippen molar-refractivity contribution in [3.63, 3.8) is 0 Å². The molecule has 1 aliphatic heterocycles. The zero-order chi connectivity index (χ0) is 26.2. The summed E-state index contributed by atoms with van der Waals surface area (Å²) in [5.41, 5.74) is 1.79. The van der Waals surface area contributed by atoms with E-state index in [2.05, 4.69) is 12.1 Å². The van der Waals surface area contributed by atoms with Gasteiger partial charge in [-0.15, -0.1) is 0 Å². The Hall–Kier alpha value is -3.55. The summed E-state index contributed by atoms with van der Waals surface area (Å²) >= 11 is 0. The van der Waals surface area contributed by atoms with E-state index >= 15 is 0 Å². The first-order valence-electron chi connectivity index (χ1n) is 13.3. The van der Waals surface area contributed by atoms with E-state index in [-0.39, 0.29) is 31.4 Å². The summed E-state index contributed by atoms with van der Waals surface area (Å²) in [6.07, 6.45) is 3.01. The SMILES string of the molecule is O=C(O[C@H]1CC[C@H](c2ccc(OCC(O)COc3ccccc3)cc2)CC1)c1ccc(OCC2CO2)cc1. The van der Waals surface area contributed by atoms with Gasteiger partial charge in [0, 0.05) is 0 Å². The van der Waals surface area contributed by atoms with E-state index in [4.69, 9.17) is 23.7 Å². The van der Waals surface area contributed by atoms with E-state index in [1.54, 1.807) is 24.3 Å². The average Bonchev–Trinajstić information content (AvgIpc) is 3.80. The number of hydrogen-bond acceptors (Lipinski definition) is 7. The first-order valence-corrected chi connectivity index (χ1v) is 13.3. The maximum Gasteiger partial charge on any atom is 0.338 e. The summed E-state index contributed by atoms with van der Waals surface area (Å²) in [6.45, 7) is 1.62. The molecular weight excluding hydrogens is 484 g/mol.